The lowest BCUT2D eigenvalue weighted by molar-refractivity contribution is -0.393. The lowest BCUT2D eigenvalue weighted by atomic mass is 10.1. The van der Waals surface area contributed by atoms with E-state index in [1.807, 2.05) is 0 Å². The van der Waals surface area contributed by atoms with Crippen molar-refractivity contribution in [1.29, 1.82) is 0 Å². The zero-order valence-electron chi connectivity index (χ0n) is 12.2. The van der Waals surface area contributed by atoms with E-state index in [0.717, 1.165) is 11.6 Å². The second-order valence-electron chi connectivity index (χ2n) is 4.82. The largest absolute Gasteiger partial charge is 0.373 e. The van der Waals surface area contributed by atoms with Gasteiger partial charge in [-0.3, -0.25) is 20.2 Å². The van der Waals surface area contributed by atoms with Crippen molar-refractivity contribution in [2.24, 2.45) is 0 Å². The van der Waals surface area contributed by atoms with Crippen molar-refractivity contribution in [1.82, 2.24) is 5.16 Å². The molecule has 1 aromatic heterocycles. The van der Waals surface area contributed by atoms with Crippen LogP contribution in [-0.4, -0.2) is 15.0 Å². The monoisotopic (exact) mass is 306 g/mol. The van der Waals surface area contributed by atoms with Crippen LogP contribution in [-0.2, 0) is 0 Å². The van der Waals surface area contributed by atoms with Crippen molar-refractivity contribution in [3.8, 4) is 0 Å². The van der Waals surface area contributed by atoms with Crippen LogP contribution in [0.3, 0.4) is 0 Å². The van der Waals surface area contributed by atoms with E-state index in [9.17, 15) is 20.2 Å². The molecule has 0 aliphatic rings. The van der Waals surface area contributed by atoms with Crippen LogP contribution in [0.4, 0.5) is 17.1 Å². The number of rotatable bonds is 5. The van der Waals surface area contributed by atoms with Gasteiger partial charge in [0.15, 0.2) is 0 Å². The van der Waals surface area contributed by atoms with Gasteiger partial charge in [-0.05, 0) is 26.8 Å². The number of nitrogens with one attached hydrogen (secondary N) is 1. The molecule has 0 spiro atoms. The van der Waals surface area contributed by atoms with Gasteiger partial charge in [0.2, 0.25) is 0 Å². The molecule has 0 saturated heterocycles. The number of nitro groups is 2. The summed E-state index contributed by atoms with van der Waals surface area (Å²) < 4.78 is 5.07. The fourth-order valence-electron chi connectivity index (χ4n) is 2.32. The van der Waals surface area contributed by atoms with Gasteiger partial charge in [0.05, 0.1) is 27.6 Å². The molecule has 1 heterocycles. The Balaban J connectivity index is 2.37. The maximum atomic E-state index is 11.1. The summed E-state index contributed by atoms with van der Waals surface area (Å²) in [6.45, 7) is 5.32. The molecular weight excluding hydrogens is 292 g/mol. The predicted molar refractivity (Wildman–Crippen MR) is 77.8 cm³/mol. The van der Waals surface area contributed by atoms with E-state index in [0.29, 0.717) is 11.5 Å². The summed E-state index contributed by atoms with van der Waals surface area (Å²) >= 11 is 0. The van der Waals surface area contributed by atoms with Gasteiger partial charge in [-0.25, -0.2) is 0 Å². The highest BCUT2D eigenvalue weighted by Crippen LogP contribution is 2.32. The number of anilines is 1. The van der Waals surface area contributed by atoms with E-state index in [2.05, 4.69) is 10.5 Å². The number of hydrogen-bond donors (Lipinski definition) is 1. The molecule has 2 aromatic rings. The molecule has 1 aromatic carbocycles. The van der Waals surface area contributed by atoms with E-state index in [1.54, 1.807) is 20.8 Å². The van der Waals surface area contributed by atoms with Crippen molar-refractivity contribution in [2.45, 2.75) is 26.8 Å². The predicted octanol–water partition coefficient (Wildman–Crippen LogP) is 3.28. The molecule has 0 radical (unpaired) electrons. The molecule has 9 nitrogen and oxygen atoms in total. The summed E-state index contributed by atoms with van der Waals surface area (Å²) in [4.78, 5) is 20.5. The first-order valence-electron chi connectivity index (χ1n) is 6.43. The van der Waals surface area contributed by atoms with Gasteiger partial charge in [0.1, 0.15) is 11.4 Å². The van der Waals surface area contributed by atoms with E-state index in [1.165, 1.54) is 12.1 Å². The molecule has 2 rings (SSSR count). The Labute approximate surface area is 125 Å². The molecule has 116 valence electrons. The van der Waals surface area contributed by atoms with Crippen LogP contribution in [0.1, 0.15) is 30.0 Å². The Morgan fingerprint density at radius 3 is 2.41 bits per heavy atom. The molecule has 0 saturated carbocycles. The Morgan fingerprint density at radius 2 is 1.91 bits per heavy atom. The van der Waals surface area contributed by atoms with Crippen LogP contribution >= 0.6 is 0 Å². The minimum Gasteiger partial charge on any atom is -0.373 e. The minimum absolute atomic E-state index is 0.197. The van der Waals surface area contributed by atoms with Crippen LogP contribution in [0, 0.1) is 34.1 Å². The van der Waals surface area contributed by atoms with E-state index >= 15 is 0 Å². The number of nitro benzene ring substituents is 2. The molecule has 1 unspecified atom stereocenters. The number of aromatic nitrogens is 1. The molecule has 0 aliphatic heterocycles. The average Bonchev–Trinajstić information content (AvgIpc) is 2.78. The second kappa shape index (κ2) is 5.80. The molecule has 0 bridgehead atoms. The van der Waals surface area contributed by atoms with Gasteiger partial charge in [0.25, 0.3) is 11.4 Å². The molecule has 0 aliphatic carbocycles. The highest BCUT2D eigenvalue weighted by molar-refractivity contribution is 5.66. The number of aryl methyl sites for hydroxylation is 2. The van der Waals surface area contributed by atoms with E-state index in [4.69, 9.17) is 4.52 Å². The first kappa shape index (κ1) is 15.4. The fraction of sp³-hybridized carbons (Fsp3) is 0.308. The Hall–Kier alpha value is -2.97. The molecule has 22 heavy (non-hydrogen) atoms. The maximum Gasteiger partial charge on any atom is 0.299 e. The van der Waals surface area contributed by atoms with E-state index < -0.39 is 9.85 Å². The van der Waals surface area contributed by atoms with Crippen molar-refractivity contribution < 1.29 is 14.4 Å². The summed E-state index contributed by atoms with van der Waals surface area (Å²) in [5.74, 6) is 0.613. The molecule has 1 N–H and O–H groups in total. The zero-order chi connectivity index (χ0) is 16.4. The van der Waals surface area contributed by atoms with Crippen LogP contribution in [0.5, 0.6) is 0 Å². The number of benzene rings is 1. The molecule has 0 fully saturated rings. The quantitative estimate of drug-likeness (QED) is 0.663. The van der Waals surface area contributed by atoms with Crippen molar-refractivity contribution in [3.05, 3.63) is 55.4 Å². The van der Waals surface area contributed by atoms with Crippen LogP contribution in [0.25, 0.3) is 0 Å². The van der Waals surface area contributed by atoms with Crippen molar-refractivity contribution in [3.63, 3.8) is 0 Å². The third kappa shape index (κ3) is 2.87. The third-order valence-electron chi connectivity index (χ3n) is 3.28. The summed E-state index contributed by atoms with van der Waals surface area (Å²) in [6.07, 6.45) is 0. The zero-order valence-corrected chi connectivity index (χ0v) is 12.2. The van der Waals surface area contributed by atoms with Gasteiger partial charge in [-0.2, -0.15) is 0 Å². The van der Waals surface area contributed by atoms with Gasteiger partial charge < -0.3 is 9.84 Å². The average molecular weight is 306 g/mol. The topological polar surface area (TPSA) is 124 Å². The van der Waals surface area contributed by atoms with Gasteiger partial charge in [0, 0.05) is 11.6 Å². The minimum atomic E-state index is -0.672. The third-order valence-corrected chi connectivity index (χ3v) is 3.28. The lowest BCUT2D eigenvalue weighted by Crippen LogP contribution is -2.10. The lowest BCUT2D eigenvalue weighted by Gasteiger charge is -2.15. The maximum absolute atomic E-state index is 11.1. The highest BCUT2D eigenvalue weighted by Gasteiger charge is 2.23. The molecular formula is C13H14N4O5. The number of hydrogen-bond acceptors (Lipinski definition) is 7. The van der Waals surface area contributed by atoms with Crippen LogP contribution < -0.4 is 5.32 Å². The number of nitrogens with zero attached hydrogens (tertiary/aromatic N) is 3. The van der Waals surface area contributed by atoms with Crippen LogP contribution in [0.15, 0.2) is 22.7 Å². The summed E-state index contributed by atoms with van der Waals surface area (Å²) in [6, 6.07) is 3.18. The first-order valence-corrected chi connectivity index (χ1v) is 6.43. The van der Waals surface area contributed by atoms with Gasteiger partial charge in [-0.15, -0.1) is 0 Å². The Kier molecular flexibility index (Phi) is 4.06. The molecule has 0 amide bonds. The molecule has 1 atom stereocenters. The van der Waals surface area contributed by atoms with E-state index in [-0.39, 0.29) is 23.1 Å². The Morgan fingerprint density at radius 1 is 1.23 bits per heavy atom. The SMILES string of the molecule is Cc1noc(C)c1C(C)Nc1ccc([N+](=O)[O-])cc1[N+](=O)[O-]. The number of non-ortho nitro benzene ring substituents is 1. The summed E-state index contributed by atoms with van der Waals surface area (Å²) in [5.41, 5.74) is 0.993. The second-order valence-corrected chi connectivity index (χ2v) is 4.82. The molecule has 9 heteroatoms. The normalized spacial score (nSPS) is 12.0. The van der Waals surface area contributed by atoms with Gasteiger partial charge in [-0.1, -0.05) is 5.16 Å². The summed E-state index contributed by atoms with van der Waals surface area (Å²) in [7, 11) is 0. The fourth-order valence-corrected chi connectivity index (χ4v) is 2.32. The summed E-state index contributed by atoms with van der Waals surface area (Å²) in [5, 5.41) is 28.7. The first-order chi connectivity index (χ1) is 10.3. The van der Waals surface area contributed by atoms with Crippen molar-refractivity contribution in [2.75, 3.05) is 5.32 Å². The highest BCUT2D eigenvalue weighted by atomic mass is 16.6. The van der Waals surface area contributed by atoms with Crippen molar-refractivity contribution >= 4 is 17.1 Å². The van der Waals surface area contributed by atoms with Crippen LogP contribution in [0.2, 0.25) is 0 Å². The van der Waals surface area contributed by atoms with Gasteiger partial charge >= 0.3 is 0 Å². The Bertz CT molecular complexity index is 721. The standard InChI is InChI=1S/C13H14N4O5/c1-7(13-8(2)15-22-9(13)3)14-11-5-4-10(16(18)19)6-12(11)17(20)21/h4-7,14H,1-3H3. The smallest absolute Gasteiger partial charge is 0.299 e.